The minimum atomic E-state index is -2.54. The minimum Gasteiger partial charge on any atom is -0.325 e. The Kier molecular flexibility index (Phi) is 8.00. The highest BCUT2D eigenvalue weighted by atomic mass is 19.3. The van der Waals surface area contributed by atoms with Crippen molar-refractivity contribution in [3.8, 4) is 0 Å². The lowest BCUT2D eigenvalue weighted by Crippen LogP contribution is -2.37. The molecule has 0 spiro atoms. The molecular weight excluding hydrogens is 298 g/mol. The molecule has 0 aliphatic carbocycles. The number of carbonyl (C=O) groups excluding carboxylic acids is 1. The third-order valence-corrected chi connectivity index (χ3v) is 3.63. The van der Waals surface area contributed by atoms with Crippen molar-refractivity contribution in [1.29, 1.82) is 0 Å². The molecule has 0 aromatic heterocycles. The van der Waals surface area contributed by atoms with E-state index >= 15 is 0 Å². The normalized spacial score (nSPS) is 11.3. The number of hydrogen-bond acceptors (Lipinski definition) is 1. The van der Waals surface area contributed by atoms with Crippen LogP contribution in [0.1, 0.15) is 52.5 Å². The second-order valence-corrected chi connectivity index (χ2v) is 6.71. The maximum atomic E-state index is 12.7. The molecule has 2 amide bonds. The highest BCUT2D eigenvalue weighted by molar-refractivity contribution is 5.89. The predicted molar refractivity (Wildman–Crippen MR) is 90.9 cm³/mol. The summed E-state index contributed by atoms with van der Waals surface area (Å²) in [6.07, 6.45) is -0.699. The first-order chi connectivity index (χ1) is 10.8. The van der Waals surface area contributed by atoms with E-state index in [1.807, 2.05) is 0 Å². The summed E-state index contributed by atoms with van der Waals surface area (Å²) in [5, 5.41) is 2.74. The standard InChI is InChI=1S/C18H28F2N2O/c1-13(2)8-10-22(11-9-14(3)4)18(23)21-16-7-5-6-15(12-16)17(19)20/h5-7,12-14,17H,8-11H2,1-4H3,(H,21,23). The van der Waals surface area contributed by atoms with Crippen molar-refractivity contribution >= 4 is 11.7 Å². The Balaban J connectivity index is 2.72. The van der Waals surface area contributed by atoms with Crippen molar-refractivity contribution in [3.05, 3.63) is 29.8 Å². The fraction of sp³-hybridized carbons (Fsp3) is 0.611. The number of urea groups is 1. The number of rotatable bonds is 8. The Morgan fingerprint density at radius 2 is 1.65 bits per heavy atom. The van der Waals surface area contributed by atoms with Crippen LogP contribution in [-0.2, 0) is 0 Å². The molecule has 0 atom stereocenters. The highest BCUT2D eigenvalue weighted by Crippen LogP contribution is 2.22. The van der Waals surface area contributed by atoms with Gasteiger partial charge in [0.2, 0.25) is 0 Å². The summed E-state index contributed by atoms with van der Waals surface area (Å²) in [6.45, 7) is 9.81. The number of nitrogens with one attached hydrogen (secondary N) is 1. The summed E-state index contributed by atoms with van der Waals surface area (Å²) in [4.78, 5) is 14.2. The van der Waals surface area contributed by atoms with Gasteiger partial charge < -0.3 is 10.2 Å². The molecule has 1 aromatic rings. The van der Waals surface area contributed by atoms with Crippen molar-refractivity contribution in [1.82, 2.24) is 4.90 Å². The lowest BCUT2D eigenvalue weighted by molar-refractivity contribution is 0.151. The van der Waals surface area contributed by atoms with Gasteiger partial charge in [-0.25, -0.2) is 13.6 Å². The zero-order valence-electron chi connectivity index (χ0n) is 14.5. The molecule has 0 unspecified atom stereocenters. The number of nitrogens with zero attached hydrogens (tertiary/aromatic N) is 1. The van der Waals surface area contributed by atoms with Gasteiger partial charge in [0.25, 0.3) is 6.43 Å². The minimum absolute atomic E-state index is 0.0845. The Hall–Kier alpha value is -1.65. The van der Waals surface area contributed by atoms with Gasteiger partial charge >= 0.3 is 6.03 Å². The van der Waals surface area contributed by atoms with Gasteiger partial charge in [0.15, 0.2) is 0 Å². The van der Waals surface area contributed by atoms with E-state index in [0.717, 1.165) is 12.8 Å². The fourth-order valence-corrected chi connectivity index (χ4v) is 2.10. The second-order valence-electron chi connectivity index (χ2n) is 6.71. The van der Waals surface area contributed by atoms with Gasteiger partial charge in [-0.2, -0.15) is 0 Å². The van der Waals surface area contributed by atoms with Crippen LogP contribution < -0.4 is 5.32 Å². The molecule has 1 N–H and O–H groups in total. The van der Waals surface area contributed by atoms with Crippen LogP contribution in [0.3, 0.4) is 0 Å². The molecule has 23 heavy (non-hydrogen) atoms. The van der Waals surface area contributed by atoms with Crippen molar-refractivity contribution in [2.75, 3.05) is 18.4 Å². The number of anilines is 1. The smallest absolute Gasteiger partial charge is 0.321 e. The van der Waals surface area contributed by atoms with Crippen molar-refractivity contribution in [2.45, 2.75) is 47.0 Å². The van der Waals surface area contributed by atoms with Crippen LogP contribution in [0.5, 0.6) is 0 Å². The highest BCUT2D eigenvalue weighted by Gasteiger charge is 2.15. The quantitative estimate of drug-likeness (QED) is 0.667. The van der Waals surface area contributed by atoms with E-state index in [0.29, 0.717) is 30.6 Å². The SMILES string of the molecule is CC(C)CCN(CCC(C)C)C(=O)Nc1cccc(C(F)F)c1. The lowest BCUT2D eigenvalue weighted by atomic mass is 10.1. The maximum Gasteiger partial charge on any atom is 0.321 e. The molecule has 0 bridgehead atoms. The monoisotopic (exact) mass is 326 g/mol. The first-order valence-electron chi connectivity index (χ1n) is 8.23. The van der Waals surface area contributed by atoms with Crippen LogP contribution in [0.2, 0.25) is 0 Å². The average Bonchev–Trinajstić information content (AvgIpc) is 2.46. The number of halogens is 2. The summed E-state index contributed by atoms with van der Waals surface area (Å²) in [7, 11) is 0. The molecule has 0 aliphatic rings. The summed E-state index contributed by atoms with van der Waals surface area (Å²) in [5.41, 5.74) is 0.325. The molecule has 0 aliphatic heterocycles. The van der Waals surface area contributed by atoms with Crippen molar-refractivity contribution < 1.29 is 13.6 Å². The van der Waals surface area contributed by atoms with Gasteiger partial charge in [0, 0.05) is 24.3 Å². The molecule has 5 heteroatoms. The third-order valence-electron chi connectivity index (χ3n) is 3.63. The number of benzene rings is 1. The van der Waals surface area contributed by atoms with Gasteiger partial charge in [-0.3, -0.25) is 0 Å². The van der Waals surface area contributed by atoms with E-state index in [-0.39, 0.29) is 11.6 Å². The van der Waals surface area contributed by atoms with Crippen molar-refractivity contribution in [2.24, 2.45) is 11.8 Å². The van der Waals surface area contributed by atoms with Gasteiger partial charge in [0.05, 0.1) is 0 Å². The van der Waals surface area contributed by atoms with E-state index in [1.165, 1.54) is 18.2 Å². The molecule has 0 saturated carbocycles. The van der Waals surface area contributed by atoms with E-state index in [1.54, 1.807) is 11.0 Å². The maximum absolute atomic E-state index is 12.7. The molecule has 0 heterocycles. The lowest BCUT2D eigenvalue weighted by Gasteiger charge is -2.25. The van der Waals surface area contributed by atoms with Crippen LogP contribution >= 0.6 is 0 Å². The first kappa shape index (κ1) is 19.4. The first-order valence-corrected chi connectivity index (χ1v) is 8.23. The van der Waals surface area contributed by atoms with Gasteiger partial charge in [-0.1, -0.05) is 39.8 Å². The van der Waals surface area contributed by atoms with E-state index < -0.39 is 6.43 Å². The van der Waals surface area contributed by atoms with Crippen LogP contribution in [0.15, 0.2) is 24.3 Å². The van der Waals surface area contributed by atoms with Gasteiger partial charge in [-0.15, -0.1) is 0 Å². The predicted octanol–water partition coefficient (Wildman–Crippen LogP) is 5.55. The Morgan fingerprint density at radius 3 is 2.13 bits per heavy atom. The topological polar surface area (TPSA) is 32.3 Å². The average molecular weight is 326 g/mol. The molecule has 1 rings (SSSR count). The van der Waals surface area contributed by atoms with E-state index in [9.17, 15) is 13.6 Å². The van der Waals surface area contributed by atoms with Crippen LogP contribution in [-0.4, -0.2) is 24.0 Å². The molecule has 0 fully saturated rings. The van der Waals surface area contributed by atoms with Crippen LogP contribution in [0.4, 0.5) is 19.3 Å². The molecule has 0 radical (unpaired) electrons. The number of carbonyl (C=O) groups is 1. The van der Waals surface area contributed by atoms with Gasteiger partial charge in [0.1, 0.15) is 0 Å². The number of amides is 2. The second kappa shape index (κ2) is 9.48. The van der Waals surface area contributed by atoms with Gasteiger partial charge in [-0.05, 0) is 36.8 Å². The number of hydrogen-bond donors (Lipinski definition) is 1. The zero-order chi connectivity index (χ0) is 17.4. The molecule has 1 aromatic carbocycles. The van der Waals surface area contributed by atoms with Crippen molar-refractivity contribution in [3.63, 3.8) is 0 Å². The Bertz CT molecular complexity index is 478. The van der Waals surface area contributed by atoms with Crippen LogP contribution in [0, 0.1) is 11.8 Å². The zero-order valence-corrected chi connectivity index (χ0v) is 14.5. The Morgan fingerprint density at radius 1 is 1.09 bits per heavy atom. The summed E-state index contributed by atoms with van der Waals surface area (Å²) in [6, 6.07) is 5.62. The molecule has 3 nitrogen and oxygen atoms in total. The van der Waals surface area contributed by atoms with Crippen LogP contribution in [0.25, 0.3) is 0 Å². The van der Waals surface area contributed by atoms with E-state index in [2.05, 4.69) is 33.0 Å². The third kappa shape index (κ3) is 7.44. The largest absolute Gasteiger partial charge is 0.325 e. The van der Waals surface area contributed by atoms with E-state index in [4.69, 9.17) is 0 Å². The number of alkyl halides is 2. The molecule has 130 valence electrons. The Labute approximate surface area is 138 Å². The molecule has 0 saturated heterocycles. The summed E-state index contributed by atoms with van der Waals surface area (Å²) in [5.74, 6) is 1.01. The fourth-order valence-electron chi connectivity index (χ4n) is 2.10. The summed E-state index contributed by atoms with van der Waals surface area (Å²) < 4.78 is 25.5. The molecular formula is C18H28F2N2O. The summed E-state index contributed by atoms with van der Waals surface area (Å²) >= 11 is 0.